The summed E-state index contributed by atoms with van der Waals surface area (Å²) in [7, 11) is 0. The first-order valence-corrected chi connectivity index (χ1v) is 9.21. The molecule has 0 unspecified atom stereocenters. The van der Waals surface area contributed by atoms with Crippen LogP contribution in [0.3, 0.4) is 0 Å². The van der Waals surface area contributed by atoms with E-state index in [0.29, 0.717) is 0 Å². The molecule has 1 aliphatic heterocycles. The largest absolute Gasteiger partial charge is 0.359 e. The molecule has 1 aliphatic rings. The maximum atomic E-state index is 5.90. The lowest BCUT2D eigenvalue weighted by Crippen LogP contribution is -2.26. The minimum Gasteiger partial charge on any atom is -0.359 e. The van der Waals surface area contributed by atoms with Crippen molar-refractivity contribution in [1.82, 2.24) is 9.80 Å². The average Bonchev–Trinajstić information content (AvgIpc) is 3.01. The van der Waals surface area contributed by atoms with Gasteiger partial charge in [-0.05, 0) is 30.5 Å². The van der Waals surface area contributed by atoms with E-state index in [1.165, 1.54) is 44.2 Å². The lowest BCUT2D eigenvalue weighted by Gasteiger charge is -2.20. The molecule has 0 radical (unpaired) electrons. The molecule has 2 rings (SSSR count). The first-order valence-electron chi connectivity index (χ1n) is 8.84. The molecule has 3 heteroatoms. The van der Waals surface area contributed by atoms with Gasteiger partial charge in [0.05, 0.1) is 6.67 Å². The molecule has 0 bridgehead atoms. The van der Waals surface area contributed by atoms with E-state index in [1.807, 2.05) is 12.1 Å². The van der Waals surface area contributed by atoms with E-state index >= 15 is 0 Å². The van der Waals surface area contributed by atoms with Crippen molar-refractivity contribution in [3.8, 4) is 0 Å². The van der Waals surface area contributed by atoms with Crippen LogP contribution in [0.4, 0.5) is 0 Å². The van der Waals surface area contributed by atoms with Gasteiger partial charge in [-0.1, -0.05) is 68.5 Å². The second-order valence-corrected chi connectivity index (χ2v) is 6.68. The molecule has 0 fully saturated rings. The van der Waals surface area contributed by atoms with Crippen LogP contribution in [0.15, 0.2) is 48.8 Å². The highest BCUT2D eigenvalue weighted by Crippen LogP contribution is 2.11. The Labute approximate surface area is 146 Å². The summed E-state index contributed by atoms with van der Waals surface area (Å²) in [4.78, 5) is 4.77. The van der Waals surface area contributed by atoms with Crippen LogP contribution in [0, 0.1) is 0 Å². The number of rotatable bonds is 10. The fraction of sp³-hybridized carbons (Fsp3) is 0.500. The minimum absolute atomic E-state index is 0.801. The van der Waals surface area contributed by atoms with E-state index in [1.54, 1.807) is 0 Å². The van der Waals surface area contributed by atoms with Gasteiger partial charge in [0.25, 0.3) is 0 Å². The molecular formula is C20H29ClN2. The number of benzene rings is 1. The topological polar surface area (TPSA) is 6.48 Å². The lowest BCUT2D eigenvalue weighted by atomic mass is 10.1. The van der Waals surface area contributed by atoms with Crippen LogP contribution in [0.5, 0.6) is 0 Å². The SMILES string of the molecule is CCCCCCCN1C=CN(C/C=C/Cc2ccc(Cl)cc2)C1. The molecule has 126 valence electrons. The van der Waals surface area contributed by atoms with Crippen molar-refractivity contribution in [2.75, 3.05) is 19.8 Å². The number of allylic oxidation sites excluding steroid dienone is 1. The Balaban J connectivity index is 1.57. The molecule has 1 heterocycles. The predicted molar refractivity (Wildman–Crippen MR) is 100 cm³/mol. The van der Waals surface area contributed by atoms with Gasteiger partial charge in [-0.3, -0.25) is 0 Å². The zero-order valence-corrected chi connectivity index (χ0v) is 15.0. The van der Waals surface area contributed by atoms with Gasteiger partial charge in [0.2, 0.25) is 0 Å². The normalized spacial score (nSPS) is 14.3. The summed E-state index contributed by atoms with van der Waals surface area (Å²) in [6.45, 7) is 5.46. The number of hydrogen-bond acceptors (Lipinski definition) is 2. The van der Waals surface area contributed by atoms with Crippen LogP contribution in [0.25, 0.3) is 0 Å². The van der Waals surface area contributed by atoms with E-state index < -0.39 is 0 Å². The van der Waals surface area contributed by atoms with Gasteiger partial charge in [-0.2, -0.15) is 0 Å². The highest BCUT2D eigenvalue weighted by molar-refractivity contribution is 6.30. The van der Waals surface area contributed by atoms with Gasteiger partial charge >= 0.3 is 0 Å². The van der Waals surface area contributed by atoms with Crippen molar-refractivity contribution >= 4 is 11.6 Å². The molecule has 0 atom stereocenters. The van der Waals surface area contributed by atoms with Gasteiger partial charge in [-0.15, -0.1) is 0 Å². The fourth-order valence-corrected chi connectivity index (χ4v) is 2.87. The van der Waals surface area contributed by atoms with Crippen molar-refractivity contribution in [1.29, 1.82) is 0 Å². The van der Waals surface area contributed by atoms with Gasteiger partial charge in [-0.25, -0.2) is 0 Å². The van der Waals surface area contributed by atoms with Crippen molar-refractivity contribution in [2.45, 2.75) is 45.4 Å². The smallest absolute Gasteiger partial charge is 0.0896 e. The summed E-state index contributed by atoms with van der Waals surface area (Å²) in [5, 5.41) is 0.801. The Morgan fingerprint density at radius 1 is 0.957 bits per heavy atom. The number of unbranched alkanes of at least 4 members (excludes halogenated alkanes) is 4. The van der Waals surface area contributed by atoms with Gasteiger partial charge in [0.1, 0.15) is 0 Å². The highest BCUT2D eigenvalue weighted by Gasteiger charge is 2.09. The van der Waals surface area contributed by atoms with E-state index in [0.717, 1.165) is 24.7 Å². The van der Waals surface area contributed by atoms with Crippen LogP contribution in [0.2, 0.25) is 5.02 Å². The average molecular weight is 333 g/mol. The summed E-state index contributed by atoms with van der Waals surface area (Å²) in [6.07, 6.45) is 16.6. The molecule has 0 aliphatic carbocycles. The zero-order chi connectivity index (χ0) is 16.3. The van der Waals surface area contributed by atoms with Crippen LogP contribution in [0.1, 0.15) is 44.6 Å². The molecule has 0 saturated heterocycles. The Kier molecular flexibility index (Phi) is 8.10. The van der Waals surface area contributed by atoms with E-state index in [2.05, 4.69) is 53.4 Å². The summed E-state index contributed by atoms with van der Waals surface area (Å²) < 4.78 is 0. The van der Waals surface area contributed by atoms with Gasteiger partial charge < -0.3 is 9.80 Å². The third kappa shape index (κ3) is 7.13. The molecule has 0 aromatic heterocycles. The minimum atomic E-state index is 0.801. The van der Waals surface area contributed by atoms with Crippen LogP contribution >= 0.6 is 11.6 Å². The first-order chi connectivity index (χ1) is 11.3. The lowest BCUT2D eigenvalue weighted by molar-refractivity contribution is 0.276. The summed E-state index contributed by atoms with van der Waals surface area (Å²) in [6, 6.07) is 8.07. The van der Waals surface area contributed by atoms with Gasteiger partial charge in [0.15, 0.2) is 0 Å². The van der Waals surface area contributed by atoms with Crippen molar-refractivity contribution < 1.29 is 0 Å². The van der Waals surface area contributed by atoms with E-state index in [-0.39, 0.29) is 0 Å². The Bertz CT molecular complexity index is 493. The standard InChI is InChI=1S/C20H29ClN2/c1-2-3-4-5-7-14-22-16-17-23(18-22)15-8-6-9-19-10-12-20(21)13-11-19/h6,8,10-13,16-17H,2-5,7,9,14-15,18H2,1H3/b8-6+. The monoisotopic (exact) mass is 332 g/mol. The fourth-order valence-electron chi connectivity index (χ4n) is 2.75. The van der Waals surface area contributed by atoms with Crippen molar-refractivity contribution in [2.24, 2.45) is 0 Å². The second kappa shape index (κ2) is 10.4. The molecule has 1 aromatic carbocycles. The maximum absolute atomic E-state index is 5.90. The number of nitrogens with zero attached hydrogens (tertiary/aromatic N) is 2. The number of halogens is 1. The van der Waals surface area contributed by atoms with Crippen LogP contribution in [-0.4, -0.2) is 29.6 Å². The van der Waals surface area contributed by atoms with Crippen molar-refractivity contribution in [3.05, 3.63) is 59.4 Å². The molecule has 0 N–H and O–H groups in total. The first kappa shape index (κ1) is 17.9. The highest BCUT2D eigenvalue weighted by atomic mass is 35.5. The summed E-state index contributed by atoms with van der Waals surface area (Å²) in [5.74, 6) is 0. The summed E-state index contributed by atoms with van der Waals surface area (Å²) in [5.41, 5.74) is 1.30. The molecule has 2 nitrogen and oxygen atoms in total. The quantitative estimate of drug-likeness (QED) is 0.415. The third-order valence-electron chi connectivity index (χ3n) is 4.17. The van der Waals surface area contributed by atoms with Crippen LogP contribution in [-0.2, 0) is 6.42 Å². The molecule has 0 spiro atoms. The van der Waals surface area contributed by atoms with Crippen molar-refractivity contribution in [3.63, 3.8) is 0 Å². The molecule has 23 heavy (non-hydrogen) atoms. The molecular weight excluding hydrogens is 304 g/mol. The molecule has 0 saturated carbocycles. The number of hydrogen-bond donors (Lipinski definition) is 0. The zero-order valence-electron chi connectivity index (χ0n) is 14.3. The van der Waals surface area contributed by atoms with Crippen LogP contribution < -0.4 is 0 Å². The van der Waals surface area contributed by atoms with Gasteiger partial charge in [0, 0.05) is 30.5 Å². The molecule has 0 amide bonds. The molecule has 1 aromatic rings. The Morgan fingerprint density at radius 2 is 1.70 bits per heavy atom. The van der Waals surface area contributed by atoms with E-state index in [9.17, 15) is 0 Å². The third-order valence-corrected chi connectivity index (χ3v) is 4.43. The van der Waals surface area contributed by atoms with E-state index in [4.69, 9.17) is 11.6 Å². The maximum Gasteiger partial charge on any atom is 0.0896 e. The predicted octanol–water partition coefficient (Wildman–Crippen LogP) is 5.46. The second-order valence-electron chi connectivity index (χ2n) is 6.24. The summed E-state index contributed by atoms with van der Waals surface area (Å²) >= 11 is 5.90. The Hall–Kier alpha value is -1.41. The Morgan fingerprint density at radius 3 is 2.48 bits per heavy atom.